The van der Waals surface area contributed by atoms with Crippen molar-refractivity contribution in [3.8, 4) is 0 Å². The average Bonchev–Trinajstić information content (AvgIpc) is 3.07. The first-order valence-electron chi connectivity index (χ1n) is 10.0. The molecule has 7 heteroatoms. The van der Waals surface area contributed by atoms with Gasteiger partial charge in [0.05, 0.1) is 43.2 Å². The molecule has 0 radical (unpaired) electrons. The van der Waals surface area contributed by atoms with Crippen molar-refractivity contribution in [2.75, 3.05) is 19.7 Å². The zero-order valence-corrected chi connectivity index (χ0v) is 16.3. The topological polar surface area (TPSA) is 65.2 Å². The minimum atomic E-state index is 0.0712. The molecule has 0 saturated carbocycles. The highest BCUT2D eigenvalue weighted by Crippen LogP contribution is 2.21. The van der Waals surface area contributed by atoms with Gasteiger partial charge in [0.15, 0.2) is 0 Å². The van der Waals surface area contributed by atoms with Gasteiger partial charge in [-0.15, -0.1) is 0 Å². The zero-order valence-electron chi connectivity index (χ0n) is 16.3. The van der Waals surface area contributed by atoms with E-state index in [1.165, 1.54) is 5.69 Å². The highest BCUT2D eigenvalue weighted by atomic mass is 16.5. The lowest BCUT2D eigenvalue weighted by molar-refractivity contribution is 0.0799. The number of ether oxygens (including phenoxy) is 1. The summed E-state index contributed by atoms with van der Waals surface area (Å²) in [6.45, 7) is 10.2. The van der Waals surface area contributed by atoms with Crippen LogP contribution >= 0.6 is 0 Å². The van der Waals surface area contributed by atoms with Crippen LogP contribution in [0.1, 0.15) is 49.7 Å². The Morgan fingerprint density at radius 1 is 1.22 bits per heavy atom. The van der Waals surface area contributed by atoms with E-state index in [2.05, 4.69) is 34.5 Å². The highest BCUT2D eigenvalue weighted by molar-refractivity contribution is 5.11. The molecule has 4 heterocycles. The smallest absolute Gasteiger partial charge is 0.253 e. The minimum Gasteiger partial charge on any atom is -0.373 e. The van der Waals surface area contributed by atoms with Gasteiger partial charge in [-0.1, -0.05) is 13.8 Å². The third-order valence-corrected chi connectivity index (χ3v) is 5.65. The molecular formula is C20H29N5O2. The van der Waals surface area contributed by atoms with E-state index >= 15 is 0 Å². The summed E-state index contributed by atoms with van der Waals surface area (Å²) >= 11 is 0. The van der Waals surface area contributed by atoms with Crippen molar-refractivity contribution in [1.29, 1.82) is 0 Å². The third kappa shape index (κ3) is 4.30. The third-order valence-electron chi connectivity index (χ3n) is 5.65. The fourth-order valence-electron chi connectivity index (χ4n) is 3.96. The number of likely N-dealkylation sites (tertiary alicyclic amines) is 1. The van der Waals surface area contributed by atoms with Gasteiger partial charge < -0.3 is 4.74 Å². The Balaban J connectivity index is 1.30. The van der Waals surface area contributed by atoms with Crippen molar-refractivity contribution in [3.05, 3.63) is 45.9 Å². The Labute approximate surface area is 160 Å². The lowest BCUT2D eigenvalue weighted by atomic mass is 9.96. The first kappa shape index (κ1) is 18.4. The second-order valence-electron chi connectivity index (χ2n) is 8.08. The molecule has 7 nitrogen and oxygen atoms in total. The fourth-order valence-corrected chi connectivity index (χ4v) is 3.96. The Hall–Kier alpha value is -1.99. The van der Waals surface area contributed by atoms with Gasteiger partial charge in [-0.05, 0) is 43.8 Å². The Bertz CT molecular complexity index is 810. The van der Waals surface area contributed by atoms with Crippen LogP contribution in [-0.4, -0.2) is 43.9 Å². The normalized spacial score (nSPS) is 18.8. The average molecular weight is 371 g/mol. The van der Waals surface area contributed by atoms with Crippen molar-refractivity contribution in [3.63, 3.8) is 0 Å². The van der Waals surface area contributed by atoms with E-state index in [1.54, 1.807) is 17.0 Å². The monoisotopic (exact) mass is 371 g/mol. The first-order chi connectivity index (χ1) is 13.1. The maximum atomic E-state index is 12.3. The van der Waals surface area contributed by atoms with E-state index in [1.807, 2.05) is 0 Å². The van der Waals surface area contributed by atoms with Gasteiger partial charge in [0, 0.05) is 19.2 Å². The van der Waals surface area contributed by atoms with Crippen LogP contribution in [0.25, 0.3) is 0 Å². The molecule has 0 atom stereocenters. The molecule has 146 valence electrons. The molecular weight excluding hydrogens is 342 g/mol. The van der Waals surface area contributed by atoms with Crippen LogP contribution in [0.4, 0.5) is 0 Å². The van der Waals surface area contributed by atoms with Crippen LogP contribution in [0.3, 0.4) is 0 Å². The summed E-state index contributed by atoms with van der Waals surface area (Å²) in [7, 11) is 0. The minimum absolute atomic E-state index is 0.0712. The quantitative estimate of drug-likeness (QED) is 0.804. The van der Waals surface area contributed by atoms with Crippen molar-refractivity contribution in [2.45, 2.75) is 58.8 Å². The van der Waals surface area contributed by atoms with Crippen molar-refractivity contribution in [1.82, 2.24) is 24.2 Å². The summed E-state index contributed by atoms with van der Waals surface area (Å²) in [6, 6.07) is 3.86. The summed E-state index contributed by atoms with van der Waals surface area (Å²) < 4.78 is 9.34. The molecule has 2 aromatic heterocycles. The number of fused-ring (bicyclic) bond motifs is 1. The second kappa shape index (κ2) is 7.94. The summed E-state index contributed by atoms with van der Waals surface area (Å²) in [5, 5.41) is 4.71. The van der Waals surface area contributed by atoms with Crippen LogP contribution < -0.4 is 5.56 Å². The molecule has 0 aliphatic carbocycles. The van der Waals surface area contributed by atoms with E-state index in [-0.39, 0.29) is 11.5 Å². The highest BCUT2D eigenvalue weighted by Gasteiger charge is 2.22. The number of rotatable bonds is 5. The standard InChI is InChI=1S/C20H29N5O2/c1-15(2)19-10-20(26)24(14-21-19)11-16-3-5-23(6-4-16)12-17-9-18-13-27-8-7-25(18)22-17/h9-10,14-16H,3-8,11-13H2,1-2H3. The maximum Gasteiger partial charge on any atom is 0.253 e. The Kier molecular flexibility index (Phi) is 5.41. The largest absolute Gasteiger partial charge is 0.373 e. The molecule has 2 aromatic rings. The molecule has 2 aliphatic rings. The van der Waals surface area contributed by atoms with Crippen molar-refractivity contribution in [2.24, 2.45) is 5.92 Å². The molecule has 0 aromatic carbocycles. The van der Waals surface area contributed by atoms with Gasteiger partial charge in [0.2, 0.25) is 0 Å². The van der Waals surface area contributed by atoms with Gasteiger partial charge in [0.1, 0.15) is 0 Å². The van der Waals surface area contributed by atoms with Gasteiger partial charge in [0.25, 0.3) is 5.56 Å². The summed E-state index contributed by atoms with van der Waals surface area (Å²) in [4.78, 5) is 19.2. The van der Waals surface area contributed by atoms with Crippen molar-refractivity contribution < 1.29 is 4.74 Å². The van der Waals surface area contributed by atoms with Crippen LogP contribution in [0.15, 0.2) is 23.3 Å². The molecule has 0 spiro atoms. The van der Waals surface area contributed by atoms with Gasteiger partial charge in [-0.25, -0.2) is 4.98 Å². The molecule has 0 amide bonds. The second-order valence-corrected chi connectivity index (χ2v) is 8.08. The lowest BCUT2D eigenvalue weighted by Gasteiger charge is -2.31. The van der Waals surface area contributed by atoms with E-state index in [4.69, 9.17) is 9.84 Å². The summed E-state index contributed by atoms with van der Waals surface area (Å²) in [5.74, 6) is 0.824. The molecule has 0 N–H and O–H groups in total. The molecule has 27 heavy (non-hydrogen) atoms. The predicted molar refractivity (Wildman–Crippen MR) is 102 cm³/mol. The predicted octanol–water partition coefficient (Wildman–Crippen LogP) is 2.01. The molecule has 1 fully saturated rings. The van der Waals surface area contributed by atoms with E-state index in [9.17, 15) is 4.79 Å². The maximum absolute atomic E-state index is 12.3. The number of piperidine rings is 1. The molecule has 2 aliphatic heterocycles. The van der Waals surface area contributed by atoms with Crippen LogP contribution in [0, 0.1) is 5.92 Å². The zero-order chi connectivity index (χ0) is 18.8. The number of aromatic nitrogens is 4. The van der Waals surface area contributed by atoms with Gasteiger partial charge in [-0.3, -0.25) is 18.9 Å². The molecule has 4 rings (SSSR count). The Morgan fingerprint density at radius 2 is 2.04 bits per heavy atom. The number of hydrogen-bond acceptors (Lipinski definition) is 5. The van der Waals surface area contributed by atoms with Crippen LogP contribution in [0.5, 0.6) is 0 Å². The number of hydrogen-bond donors (Lipinski definition) is 0. The summed E-state index contributed by atoms with van der Waals surface area (Å²) in [5.41, 5.74) is 3.27. The van der Waals surface area contributed by atoms with E-state index in [0.29, 0.717) is 12.5 Å². The van der Waals surface area contributed by atoms with Crippen molar-refractivity contribution >= 4 is 0 Å². The van der Waals surface area contributed by atoms with Crippen LogP contribution in [0.2, 0.25) is 0 Å². The van der Waals surface area contributed by atoms with Gasteiger partial charge >= 0.3 is 0 Å². The lowest BCUT2D eigenvalue weighted by Crippen LogP contribution is -2.36. The first-order valence-corrected chi connectivity index (χ1v) is 10.0. The molecule has 0 bridgehead atoms. The summed E-state index contributed by atoms with van der Waals surface area (Å²) in [6.07, 6.45) is 3.94. The van der Waals surface area contributed by atoms with E-state index in [0.717, 1.165) is 63.6 Å². The molecule has 0 unspecified atom stereocenters. The fraction of sp³-hybridized carbons (Fsp3) is 0.650. The Morgan fingerprint density at radius 3 is 2.74 bits per heavy atom. The SMILES string of the molecule is CC(C)c1cc(=O)n(CC2CCN(Cc3cc4n(n3)CCOC4)CC2)cn1. The van der Waals surface area contributed by atoms with E-state index < -0.39 is 0 Å². The van der Waals surface area contributed by atoms with Crippen LogP contribution in [-0.2, 0) is 31.0 Å². The number of nitrogens with zero attached hydrogens (tertiary/aromatic N) is 5. The van der Waals surface area contributed by atoms with Gasteiger partial charge in [-0.2, -0.15) is 5.10 Å². The molecule has 1 saturated heterocycles.